The Bertz CT molecular complexity index is 739. The molecule has 1 unspecified atom stereocenters. The van der Waals surface area contributed by atoms with Crippen LogP contribution < -0.4 is 9.47 Å². The number of aryl methyl sites for hydroxylation is 1. The van der Waals surface area contributed by atoms with E-state index in [0.717, 1.165) is 10.4 Å². The Morgan fingerprint density at radius 1 is 1.28 bits per heavy atom. The maximum absolute atomic E-state index is 12.9. The first-order chi connectivity index (χ1) is 12.1. The van der Waals surface area contributed by atoms with Crippen LogP contribution >= 0.6 is 11.3 Å². The van der Waals surface area contributed by atoms with Crippen molar-refractivity contribution in [1.82, 2.24) is 4.90 Å². The van der Waals surface area contributed by atoms with Crippen molar-refractivity contribution in [1.29, 1.82) is 0 Å². The molecule has 5 nitrogen and oxygen atoms in total. The fraction of sp³-hybridized carbons (Fsp3) is 0.421. The molecule has 0 aliphatic carbocycles. The predicted molar refractivity (Wildman–Crippen MR) is 97.0 cm³/mol. The minimum atomic E-state index is -0.177. The zero-order valence-electron chi connectivity index (χ0n) is 14.5. The average molecular weight is 361 g/mol. The molecule has 134 valence electrons. The Labute approximate surface area is 151 Å². The fourth-order valence-electron chi connectivity index (χ4n) is 2.93. The van der Waals surface area contributed by atoms with Crippen LogP contribution in [-0.4, -0.2) is 35.4 Å². The number of carbonyl (C=O) groups is 1. The highest BCUT2D eigenvalue weighted by atomic mass is 32.1. The Kier molecular flexibility index (Phi) is 5.60. The van der Waals surface area contributed by atoms with E-state index < -0.39 is 0 Å². The molecule has 3 rings (SSSR count). The number of amides is 1. The van der Waals surface area contributed by atoms with Gasteiger partial charge in [-0.2, -0.15) is 0 Å². The summed E-state index contributed by atoms with van der Waals surface area (Å²) in [5, 5.41) is 9.69. The molecule has 0 spiro atoms. The Morgan fingerprint density at radius 3 is 2.76 bits per heavy atom. The van der Waals surface area contributed by atoms with Gasteiger partial charge in [-0.05, 0) is 43.2 Å². The van der Waals surface area contributed by atoms with Crippen molar-refractivity contribution in [2.45, 2.75) is 39.3 Å². The number of hydrogen-bond donors (Lipinski definition) is 1. The van der Waals surface area contributed by atoms with Gasteiger partial charge in [0.15, 0.2) is 11.5 Å². The third-order valence-electron chi connectivity index (χ3n) is 4.36. The molecule has 1 aliphatic heterocycles. The maximum Gasteiger partial charge on any atom is 0.231 e. The maximum atomic E-state index is 12.9. The van der Waals surface area contributed by atoms with Crippen LogP contribution in [0.3, 0.4) is 0 Å². The number of nitrogens with zero attached hydrogens (tertiary/aromatic N) is 1. The van der Waals surface area contributed by atoms with E-state index in [4.69, 9.17) is 9.47 Å². The number of aliphatic hydroxyl groups is 1. The molecule has 1 aliphatic rings. The van der Waals surface area contributed by atoms with Gasteiger partial charge in [0.05, 0.1) is 25.6 Å². The van der Waals surface area contributed by atoms with E-state index in [1.165, 1.54) is 4.88 Å². The van der Waals surface area contributed by atoms with Gasteiger partial charge in [-0.15, -0.1) is 11.3 Å². The summed E-state index contributed by atoms with van der Waals surface area (Å²) >= 11 is 1.68. The standard InChI is InChI=1S/C19H23NO4S/c1-3-15(11-21)20(10-16-6-4-13(2)25-16)19(22)9-14-5-7-17-18(8-14)24-12-23-17/h4-8,15,21H,3,9-12H2,1-2H3. The van der Waals surface area contributed by atoms with Crippen LogP contribution in [-0.2, 0) is 17.8 Å². The summed E-state index contributed by atoms with van der Waals surface area (Å²) in [6, 6.07) is 9.50. The summed E-state index contributed by atoms with van der Waals surface area (Å²) in [5.74, 6) is 1.40. The van der Waals surface area contributed by atoms with E-state index in [1.54, 1.807) is 16.2 Å². The number of ether oxygens (including phenoxy) is 2. The van der Waals surface area contributed by atoms with Crippen LogP contribution in [0.2, 0.25) is 0 Å². The molecular formula is C19H23NO4S. The lowest BCUT2D eigenvalue weighted by Crippen LogP contribution is -2.42. The van der Waals surface area contributed by atoms with Gasteiger partial charge in [-0.3, -0.25) is 4.79 Å². The number of hydrogen-bond acceptors (Lipinski definition) is 5. The largest absolute Gasteiger partial charge is 0.454 e. The SMILES string of the molecule is CCC(CO)N(Cc1ccc(C)s1)C(=O)Cc1ccc2c(c1)OCO2. The first-order valence-corrected chi connectivity index (χ1v) is 9.26. The molecule has 0 fully saturated rings. The Morgan fingerprint density at radius 2 is 2.08 bits per heavy atom. The van der Waals surface area contributed by atoms with Crippen LogP contribution in [0.15, 0.2) is 30.3 Å². The van der Waals surface area contributed by atoms with Crippen molar-refractivity contribution < 1.29 is 19.4 Å². The molecule has 2 aromatic rings. The van der Waals surface area contributed by atoms with Crippen LogP contribution in [0.25, 0.3) is 0 Å². The number of benzene rings is 1. The summed E-state index contributed by atoms with van der Waals surface area (Å²) in [6.07, 6.45) is 0.991. The molecule has 0 saturated carbocycles. The summed E-state index contributed by atoms with van der Waals surface area (Å²) in [6.45, 7) is 4.76. The molecule has 0 bridgehead atoms. The number of aliphatic hydroxyl groups excluding tert-OH is 1. The summed E-state index contributed by atoms with van der Waals surface area (Å²) < 4.78 is 10.7. The van der Waals surface area contributed by atoms with Gasteiger partial charge in [0, 0.05) is 9.75 Å². The number of thiophene rings is 1. The van der Waals surface area contributed by atoms with Crippen LogP contribution in [0.5, 0.6) is 11.5 Å². The summed E-state index contributed by atoms with van der Waals surface area (Å²) in [7, 11) is 0. The lowest BCUT2D eigenvalue weighted by Gasteiger charge is -2.30. The lowest BCUT2D eigenvalue weighted by molar-refractivity contribution is -0.134. The van der Waals surface area contributed by atoms with Crippen LogP contribution in [0.1, 0.15) is 28.7 Å². The monoisotopic (exact) mass is 361 g/mol. The molecule has 25 heavy (non-hydrogen) atoms. The first kappa shape index (κ1) is 17.8. The third kappa shape index (κ3) is 4.14. The zero-order valence-corrected chi connectivity index (χ0v) is 15.3. The Balaban J connectivity index is 1.76. The molecule has 0 saturated heterocycles. The highest BCUT2D eigenvalue weighted by Crippen LogP contribution is 2.32. The van der Waals surface area contributed by atoms with Crippen molar-refractivity contribution in [3.05, 3.63) is 45.6 Å². The van der Waals surface area contributed by atoms with Crippen molar-refractivity contribution >= 4 is 17.2 Å². The average Bonchev–Trinajstić information content (AvgIpc) is 3.23. The molecule has 1 aromatic carbocycles. The van der Waals surface area contributed by atoms with Gasteiger partial charge >= 0.3 is 0 Å². The van der Waals surface area contributed by atoms with Gasteiger partial charge in [0.25, 0.3) is 0 Å². The van der Waals surface area contributed by atoms with E-state index in [0.29, 0.717) is 24.5 Å². The summed E-state index contributed by atoms with van der Waals surface area (Å²) in [5.41, 5.74) is 0.884. The number of rotatable bonds is 7. The van der Waals surface area contributed by atoms with Crippen LogP contribution in [0, 0.1) is 6.92 Å². The van der Waals surface area contributed by atoms with Gasteiger partial charge in [0.2, 0.25) is 12.7 Å². The van der Waals surface area contributed by atoms with E-state index in [9.17, 15) is 9.90 Å². The molecule has 1 N–H and O–H groups in total. The fourth-order valence-corrected chi connectivity index (χ4v) is 3.82. The quantitative estimate of drug-likeness (QED) is 0.823. The molecular weight excluding hydrogens is 338 g/mol. The van der Waals surface area contributed by atoms with E-state index >= 15 is 0 Å². The second kappa shape index (κ2) is 7.89. The third-order valence-corrected chi connectivity index (χ3v) is 5.34. The van der Waals surface area contributed by atoms with Gasteiger partial charge in [-0.1, -0.05) is 13.0 Å². The smallest absolute Gasteiger partial charge is 0.231 e. The summed E-state index contributed by atoms with van der Waals surface area (Å²) in [4.78, 5) is 17.1. The molecule has 1 atom stereocenters. The highest BCUT2D eigenvalue weighted by Gasteiger charge is 2.23. The molecule has 0 radical (unpaired) electrons. The van der Waals surface area contributed by atoms with Gasteiger partial charge < -0.3 is 19.5 Å². The van der Waals surface area contributed by atoms with Crippen LogP contribution in [0.4, 0.5) is 0 Å². The molecule has 1 aromatic heterocycles. The van der Waals surface area contributed by atoms with E-state index in [2.05, 4.69) is 13.0 Å². The molecule has 2 heterocycles. The van der Waals surface area contributed by atoms with Crippen molar-refractivity contribution in [2.24, 2.45) is 0 Å². The minimum absolute atomic E-state index is 0.00539. The molecule has 1 amide bonds. The second-order valence-electron chi connectivity index (χ2n) is 6.14. The second-order valence-corrected chi connectivity index (χ2v) is 7.52. The molecule has 6 heteroatoms. The van der Waals surface area contributed by atoms with E-state index in [-0.39, 0.29) is 31.8 Å². The van der Waals surface area contributed by atoms with Gasteiger partial charge in [0.1, 0.15) is 0 Å². The predicted octanol–water partition coefficient (Wildman–Crippen LogP) is 3.13. The topological polar surface area (TPSA) is 59.0 Å². The van der Waals surface area contributed by atoms with Gasteiger partial charge in [-0.25, -0.2) is 0 Å². The first-order valence-electron chi connectivity index (χ1n) is 8.45. The Hall–Kier alpha value is -2.05. The lowest BCUT2D eigenvalue weighted by atomic mass is 10.1. The van der Waals surface area contributed by atoms with Crippen molar-refractivity contribution in [3.63, 3.8) is 0 Å². The van der Waals surface area contributed by atoms with Crippen molar-refractivity contribution in [2.75, 3.05) is 13.4 Å². The number of fused-ring (bicyclic) bond motifs is 1. The highest BCUT2D eigenvalue weighted by molar-refractivity contribution is 7.11. The zero-order chi connectivity index (χ0) is 17.8. The number of carbonyl (C=O) groups excluding carboxylic acids is 1. The van der Waals surface area contributed by atoms with Crippen molar-refractivity contribution in [3.8, 4) is 11.5 Å². The minimum Gasteiger partial charge on any atom is -0.454 e. The van der Waals surface area contributed by atoms with E-state index in [1.807, 2.05) is 31.2 Å². The normalized spacial score (nSPS) is 13.7.